The number of hydrogen-bond donors (Lipinski definition) is 1. The van der Waals surface area contributed by atoms with E-state index in [0.717, 1.165) is 29.8 Å². The number of nitrogens with zero attached hydrogens (tertiary/aromatic N) is 1. The summed E-state index contributed by atoms with van der Waals surface area (Å²) in [6.07, 6.45) is 2.22. The number of nitrogens with one attached hydrogen (secondary N) is 1. The Morgan fingerprint density at radius 1 is 1.26 bits per heavy atom. The molecule has 23 heavy (non-hydrogen) atoms. The first-order valence-corrected chi connectivity index (χ1v) is 7.67. The Morgan fingerprint density at radius 2 is 2.13 bits per heavy atom. The highest BCUT2D eigenvalue weighted by Gasteiger charge is 2.18. The Balaban J connectivity index is 1.70. The summed E-state index contributed by atoms with van der Waals surface area (Å²) in [5.74, 6) is -0.262. The number of rotatable bonds is 4. The quantitative estimate of drug-likeness (QED) is 0.877. The summed E-state index contributed by atoms with van der Waals surface area (Å²) in [6, 6.07) is 12.7. The molecular weight excluding hydrogens is 291 g/mol. The molecule has 1 N–H and O–H groups in total. The van der Waals surface area contributed by atoms with Crippen molar-refractivity contribution in [2.24, 2.45) is 0 Å². The SMILES string of the molecule is C=CC(=O)N1CCc2ccc(NCc3cccc(F)c3)cc2C1. The molecule has 0 saturated carbocycles. The summed E-state index contributed by atoms with van der Waals surface area (Å²) >= 11 is 0. The van der Waals surface area contributed by atoms with E-state index in [1.54, 1.807) is 11.0 Å². The van der Waals surface area contributed by atoms with E-state index in [4.69, 9.17) is 0 Å². The predicted octanol–water partition coefficient (Wildman–Crippen LogP) is 3.51. The molecule has 0 spiro atoms. The van der Waals surface area contributed by atoms with Gasteiger partial charge in [-0.1, -0.05) is 24.8 Å². The number of hydrogen-bond acceptors (Lipinski definition) is 2. The number of carbonyl (C=O) groups is 1. The number of fused-ring (bicyclic) bond motifs is 1. The number of halogens is 1. The second-order valence-electron chi connectivity index (χ2n) is 5.68. The van der Waals surface area contributed by atoms with Gasteiger partial charge in [-0.15, -0.1) is 0 Å². The van der Waals surface area contributed by atoms with Crippen LogP contribution < -0.4 is 5.32 Å². The fourth-order valence-electron chi connectivity index (χ4n) is 2.84. The molecule has 0 fully saturated rings. The number of carbonyl (C=O) groups excluding carboxylic acids is 1. The fraction of sp³-hybridized carbons (Fsp3) is 0.211. The van der Waals surface area contributed by atoms with E-state index in [9.17, 15) is 9.18 Å². The Bertz CT molecular complexity index is 742. The molecule has 1 amide bonds. The maximum atomic E-state index is 13.2. The highest BCUT2D eigenvalue weighted by Crippen LogP contribution is 2.23. The van der Waals surface area contributed by atoms with Gasteiger partial charge in [-0.05, 0) is 53.5 Å². The lowest BCUT2D eigenvalue weighted by molar-refractivity contribution is -0.126. The summed E-state index contributed by atoms with van der Waals surface area (Å²) in [5, 5.41) is 3.31. The lowest BCUT2D eigenvalue weighted by atomic mass is 9.99. The first-order chi connectivity index (χ1) is 11.2. The number of benzene rings is 2. The highest BCUT2D eigenvalue weighted by molar-refractivity contribution is 5.87. The summed E-state index contributed by atoms with van der Waals surface area (Å²) in [5.41, 5.74) is 4.29. The summed E-state index contributed by atoms with van der Waals surface area (Å²) < 4.78 is 13.2. The van der Waals surface area contributed by atoms with Crippen molar-refractivity contribution >= 4 is 11.6 Å². The second-order valence-corrected chi connectivity index (χ2v) is 5.68. The van der Waals surface area contributed by atoms with E-state index in [2.05, 4.69) is 24.0 Å². The Kier molecular flexibility index (Phi) is 4.42. The smallest absolute Gasteiger partial charge is 0.246 e. The maximum Gasteiger partial charge on any atom is 0.246 e. The minimum atomic E-state index is -0.228. The molecule has 0 unspecified atom stereocenters. The summed E-state index contributed by atoms with van der Waals surface area (Å²) in [4.78, 5) is 13.6. The van der Waals surface area contributed by atoms with Crippen LogP contribution in [0.4, 0.5) is 10.1 Å². The van der Waals surface area contributed by atoms with Crippen LogP contribution in [0.25, 0.3) is 0 Å². The van der Waals surface area contributed by atoms with Crippen molar-refractivity contribution in [3.8, 4) is 0 Å². The van der Waals surface area contributed by atoms with E-state index < -0.39 is 0 Å². The van der Waals surface area contributed by atoms with Gasteiger partial charge in [0.25, 0.3) is 0 Å². The molecule has 1 aliphatic heterocycles. The largest absolute Gasteiger partial charge is 0.381 e. The van der Waals surface area contributed by atoms with Crippen molar-refractivity contribution in [3.05, 3.63) is 77.6 Å². The molecule has 0 saturated heterocycles. The monoisotopic (exact) mass is 310 g/mol. The van der Waals surface area contributed by atoms with Crippen LogP contribution in [0.1, 0.15) is 16.7 Å². The summed E-state index contributed by atoms with van der Waals surface area (Å²) in [7, 11) is 0. The topological polar surface area (TPSA) is 32.3 Å². The van der Waals surface area contributed by atoms with Gasteiger partial charge in [-0.25, -0.2) is 4.39 Å². The van der Waals surface area contributed by atoms with Crippen LogP contribution in [0.3, 0.4) is 0 Å². The van der Waals surface area contributed by atoms with Crippen LogP contribution in [0.5, 0.6) is 0 Å². The molecule has 118 valence electrons. The highest BCUT2D eigenvalue weighted by atomic mass is 19.1. The maximum absolute atomic E-state index is 13.2. The summed E-state index contributed by atoms with van der Waals surface area (Å²) in [6.45, 7) is 5.44. The average Bonchev–Trinajstić information content (AvgIpc) is 2.58. The van der Waals surface area contributed by atoms with E-state index in [1.165, 1.54) is 23.8 Å². The molecule has 0 radical (unpaired) electrons. The second kappa shape index (κ2) is 6.65. The van der Waals surface area contributed by atoms with Gasteiger partial charge >= 0.3 is 0 Å². The Morgan fingerprint density at radius 3 is 2.91 bits per heavy atom. The third-order valence-corrected chi connectivity index (χ3v) is 4.09. The van der Waals surface area contributed by atoms with E-state index in [1.807, 2.05) is 12.1 Å². The van der Waals surface area contributed by atoms with Crippen LogP contribution in [0.2, 0.25) is 0 Å². The lowest BCUT2D eigenvalue weighted by Gasteiger charge is -2.28. The fourth-order valence-corrected chi connectivity index (χ4v) is 2.84. The molecule has 2 aromatic rings. The minimum Gasteiger partial charge on any atom is -0.381 e. The molecule has 2 aromatic carbocycles. The molecular formula is C19H19FN2O. The molecule has 1 heterocycles. The van der Waals surface area contributed by atoms with Crippen LogP contribution in [-0.2, 0) is 24.3 Å². The van der Waals surface area contributed by atoms with E-state index in [0.29, 0.717) is 13.1 Å². The number of amides is 1. The zero-order valence-electron chi connectivity index (χ0n) is 12.9. The first kappa shape index (κ1) is 15.3. The van der Waals surface area contributed by atoms with Gasteiger partial charge in [0.1, 0.15) is 5.82 Å². The molecule has 4 heteroatoms. The third kappa shape index (κ3) is 3.59. The molecule has 1 aliphatic rings. The molecule has 0 atom stereocenters. The third-order valence-electron chi connectivity index (χ3n) is 4.09. The van der Waals surface area contributed by atoms with Crippen molar-refractivity contribution in [3.63, 3.8) is 0 Å². The van der Waals surface area contributed by atoms with Crippen molar-refractivity contribution in [1.82, 2.24) is 4.90 Å². The molecule has 3 nitrogen and oxygen atoms in total. The molecule has 0 aromatic heterocycles. The van der Waals surface area contributed by atoms with Crippen LogP contribution in [0, 0.1) is 5.82 Å². The predicted molar refractivity (Wildman–Crippen MR) is 89.5 cm³/mol. The molecule has 3 rings (SSSR count). The van der Waals surface area contributed by atoms with Gasteiger partial charge in [0.2, 0.25) is 5.91 Å². The van der Waals surface area contributed by atoms with Crippen LogP contribution in [0.15, 0.2) is 55.1 Å². The first-order valence-electron chi connectivity index (χ1n) is 7.67. The lowest BCUT2D eigenvalue weighted by Crippen LogP contribution is -2.34. The van der Waals surface area contributed by atoms with E-state index in [-0.39, 0.29) is 11.7 Å². The normalized spacial score (nSPS) is 13.3. The van der Waals surface area contributed by atoms with Crippen LogP contribution in [-0.4, -0.2) is 17.4 Å². The van der Waals surface area contributed by atoms with Crippen molar-refractivity contribution in [1.29, 1.82) is 0 Å². The standard InChI is InChI=1S/C19H19FN2O/c1-2-19(23)22-9-8-15-6-7-18(11-16(15)13-22)21-12-14-4-3-5-17(20)10-14/h2-7,10-11,21H,1,8-9,12-13H2. The minimum absolute atomic E-state index is 0.0335. The number of anilines is 1. The Hall–Kier alpha value is -2.62. The zero-order valence-corrected chi connectivity index (χ0v) is 12.9. The van der Waals surface area contributed by atoms with Gasteiger partial charge in [-0.3, -0.25) is 4.79 Å². The van der Waals surface area contributed by atoms with Gasteiger partial charge in [0.15, 0.2) is 0 Å². The van der Waals surface area contributed by atoms with Crippen molar-refractivity contribution in [2.75, 3.05) is 11.9 Å². The van der Waals surface area contributed by atoms with Gasteiger partial charge in [0.05, 0.1) is 0 Å². The van der Waals surface area contributed by atoms with Gasteiger partial charge in [-0.2, -0.15) is 0 Å². The van der Waals surface area contributed by atoms with Crippen molar-refractivity contribution in [2.45, 2.75) is 19.5 Å². The Labute approximate surface area is 135 Å². The van der Waals surface area contributed by atoms with Crippen LogP contribution >= 0.6 is 0 Å². The van der Waals surface area contributed by atoms with Crippen molar-refractivity contribution < 1.29 is 9.18 Å². The molecule has 0 bridgehead atoms. The zero-order chi connectivity index (χ0) is 16.2. The van der Waals surface area contributed by atoms with Gasteiger partial charge < -0.3 is 10.2 Å². The van der Waals surface area contributed by atoms with Gasteiger partial charge in [0, 0.05) is 25.3 Å². The van der Waals surface area contributed by atoms with E-state index >= 15 is 0 Å². The average molecular weight is 310 g/mol. The molecule has 0 aliphatic carbocycles.